The third kappa shape index (κ3) is 5.25. The van der Waals surface area contributed by atoms with Gasteiger partial charge in [-0.2, -0.15) is 0 Å². The lowest BCUT2D eigenvalue weighted by atomic mass is 10.2. The third-order valence-electron chi connectivity index (χ3n) is 2.90. The predicted molar refractivity (Wildman–Crippen MR) is 63.6 cm³/mol. The Morgan fingerprint density at radius 3 is 3.06 bits per heavy atom. The minimum Gasteiger partial charge on any atom is -0.389 e. The van der Waals surface area contributed by atoms with Crippen LogP contribution in [0.15, 0.2) is 0 Å². The van der Waals surface area contributed by atoms with Crippen molar-refractivity contribution in [2.45, 2.75) is 38.8 Å². The molecule has 0 radical (unpaired) electrons. The lowest BCUT2D eigenvalue weighted by molar-refractivity contribution is -0.0380. The highest BCUT2D eigenvalue weighted by molar-refractivity contribution is 4.73. The number of morpholine rings is 1. The van der Waals surface area contributed by atoms with Gasteiger partial charge in [0.15, 0.2) is 0 Å². The molecule has 1 heterocycles. The first-order valence-corrected chi connectivity index (χ1v) is 6.31. The summed E-state index contributed by atoms with van der Waals surface area (Å²) in [4.78, 5) is 2.26. The fourth-order valence-electron chi connectivity index (χ4n) is 1.82. The van der Waals surface area contributed by atoms with Crippen molar-refractivity contribution < 1.29 is 14.6 Å². The highest BCUT2D eigenvalue weighted by Crippen LogP contribution is 2.07. The Bertz CT molecular complexity index is 178. The zero-order valence-corrected chi connectivity index (χ0v) is 10.5. The van der Waals surface area contributed by atoms with E-state index in [0.29, 0.717) is 19.2 Å². The number of hydrogen-bond acceptors (Lipinski definition) is 4. The van der Waals surface area contributed by atoms with Crippen LogP contribution in [0.1, 0.15) is 26.7 Å². The van der Waals surface area contributed by atoms with Gasteiger partial charge in [-0.25, -0.2) is 0 Å². The van der Waals surface area contributed by atoms with E-state index in [4.69, 9.17) is 9.47 Å². The molecule has 1 rings (SSSR count). The van der Waals surface area contributed by atoms with Gasteiger partial charge in [-0.05, 0) is 13.3 Å². The smallest absolute Gasteiger partial charge is 0.0900 e. The lowest BCUT2D eigenvalue weighted by Crippen LogP contribution is -2.47. The minimum absolute atomic E-state index is 0.377. The second-order valence-electron chi connectivity index (χ2n) is 4.50. The van der Waals surface area contributed by atoms with Gasteiger partial charge >= 0.3 is 0 Å². The van der Waals surface area contributed by atoms with Crippen molar-refractivity contribution in [3.63, 3.8) is 0 Å². The van der Waals surface area contributed by atoms with E-state index >= 15 is 0 Å². The lowest BCUT2D eigenvalue weighted by Gasteiger charge is -2.34. The molecule has 96 valence electrons. The second kappa shape index (κ2) is 8.01. The van der Waals surface area contributed by atoms with Crippen molar-refractivity contribution in [1.82, 2.24) is 4.90 Å². The van der Waals surface area contributed by atoms with Crippen LogP contribution in [-0.4, -0.2) is 61.7 Å². The highest BCUT2D eigenvalue weighted by atomic mass is 16.5. The summed E-state index contributed by atoms with van der Waals surface area (Å²) < 4.78 is 10.8. The molecule has 0 spiro atoms. The fraction of sp³-hybridized carbons (Fsp3) is 1.00. The largest absolute Gasteiger partial charge is 0.389 e. The molecule has 16 heavy (non-hydrogen) atoms. The van der Waals surface area contributed by atoms with Gasteiger partial charge in [0.05, 0.1) is 25.9 Å². The van der Waals surface area contributed by atoms with E-state index in [0.717, 1.165) is 39.2 Å². The molecule has 2 atom stereocenters. The van der Waals surface area contributed by atoms with Crippen molar-refractivity contribution in [2.75, 3.05) is 39.5 Å². The monoisotopic (exact) mass is 231 g/mol. The van der Waals surface area contributed by atoms with E-state index < -0.39 is 0 Å². The molecule has 1 fully saturated rings. The van der Waals surface area contributed by atoms with Gasteiger partial charge in [0, 0.05) is 25.7 Å². The van der Waals surface area contributed by atoms with Crippen molar-refractivity contribution in [3.05, 3.63) is 0 Å². The maximum absolute atomic E-state index is 9.81. The predicted octanol–water partition coefficient (Wildman–Crippen LogP) is 0.885. The molecule has 4 nitrogen and oxygen atoms in total. The van der Waals surface area contributed by atoms with E-state index in [2.05, 4.69) is 18.7 Å². The molecule has 0 aromatic heterocycles. The molecule has 1 N–H and O–H groups in total. The summed E-state index contributed by atoms with van der Waals surface area (Å²) >= 11 is 0. The van der Waals surface area contributed by atoms with Crippen LogP contribution in [0.2, 0.25) is 0 Å². The van der Waals surface area contributed by atoms with E-state index in [-0.39, 0.29) is 6.10 Å². The number of ether oxygens (including phenoxy) is 2. The van der Waals surface area contributed by atoms with Crippen molar-refractivity contribution >= 4 is 0 Å². The molecule has 4 heteroatoms. The van der Waals surface area contributed by atoms with E-state index in [1.54, 1.807) is 0 Å². The molecule has 0 saturated carbocycles. The summed E-state index contributed by atoms with van der Waals surface area (Å²) in [5.41, 5.74) is 0. The summed E-state index contributed by atoms with van der Waals surface area (Å²) in [5.74, 6) is 0. The molecular weight excluding hydrogens is 206 g/mol. The van der Waals surface area contributed by atoms with Crippen molar-refractivity contribution in [3.8, 4) is 0 Å². The third-order valence-corrected chi connectivity index (χ3v) is 2.90. The first-order valence-electron chi connectivity index (χ1n) is 6.31. The van der Waals surface area contributed by atoms with Gasteiger partial charge in [0.25, 0.3) is 0 Å². The zero-order chi connectivity index (χ0) is 11.8. The van der Waals surface area contributed by atoms with Crippen LogP contribution in [0.5, 0.6) is 0 Å². The van der Waals surface area contributed by atoms with E-state index in [1.807, 2.05) is 0 Å². The Labute approximate surface area is 98.5 Å². The van der Waals surface area contributed by atoms with Crippen LogP contribution in [0.25, 0.3) is 0 Å². The van der Waals surface area contributed by atoms with Crippen LogP contribution in [0.3, 0.4) is 0 Å². The van der Waals surface area contributed by atoms with Crippen LogP contribution >= 0.6 is 0 Å². The molecule has 1 saturated heterocycles. The Morgan fingerprint density at radius 2 is 2.38 bits per heavy atom. The molecular formula is C12H25NO3. The number of rotatable bonds is 7. The normalized spacial score (nSPS) is 24.6. The molecule has 0 aromatic rings. The summed E-state index contributed by atoms with van der Waals surface area (Å²) in [6.07, 6.45) is 1.83. The van der Waals surface area contributed by atoms with Gasteiger partial charge in [0.1, 0.15) is 0 Å². The summed E-state index contributed by atoms with van der Waals surface area (Å²) in [5, 5.41) is 9.81. The first kappa shape index (κ1) is 13.9. The Kier molecular flexibility index (Phi) is 6.96. The van der Waals surface area contributed by atoms with Crippen molar-refractivity contribution in [1.29, 1.82) is 0 Å². The zero-order valence-electron chi connectivity index (χ0n) is 10.5. The van der Waals surface area contributed by atoms with Gasteiger partial charge in [-0.15, -0.1) is 0 Å². The highest BCUT2D eigenvalue weighted by Gasteiger charge is 2.21. The molecule has 1 aliphatic rings. The molecule has 0 amide bonds. The van der Waals surface area contributed by atoms with E-state index in [1.165, 1.54) is 0 Å². The number of hydrogen-bond donors (Lipinski definition) is 1. The maximum atomic E-state index is 9.81. The molecule has 2 unspecified atom stereocenters. The number of aliphatic hydroxyl groups excluding tert-OH is 1. The van der Waals surface area contributed by atoms with Gasteiger partial charge in [-0.1, -0.05) is 13.3 Å². The molecule has 1 aliphatic heterocycles. The fourth-order valence-corrected chi connectivity index (χ4v) is 1.82. The molecule has 0 aliphatic carbocycles. The first-order chi connectivity index (χ1) is 7.74. The van der Waals surface area contributed by atoms with Crippen molar-refractivity contribution in [2.24, 2.45) is 0 Å². The number of aliphatic hydroxyl groups is 1. The number of nitrogens with zero attached hydrogens (tertiary/aromatic N) is 1. The van der Waals surface area contributed by atoms with Gasteiger partial charge in [-0.3, -0.25) is 4.90 Å². The standard InChI is InChI=1S/C12H25NO3/c1-3-4-6-15-10-12(14)8-13-5-7-16-9-11(13)2/h11-12,14H,3-10H2,1-2H3. The average Bonchev–Trinajstić information content (AvgIpc) is 2.28. The van der Waals surface area contributed by atoms with E-state index in [9.17, 15) is 5.11 Å². The average molecular weight is 231 g/mol. The van der Waals surface area contributed by atoms with Gasteiger partial charge in [0.2, 0.25) is 0 Å². The van der Waals surface area contributed by atoms with Crippen LogP contribution < -0.4 is 0 Å². The summed E-state index contributed by atoms with van der Waals surface area (Å²) in [6, 6.07) is 0.402. The Hall–Kier alpha value is -0.160. The number of unbranched alkanes of at least 4 members (excludes halogenated alkanes) is 1. The Morgan fingerprint density at radius 1 is 1.56 bits per heavy atom. The quantitative estimate of drug-likeness (QED) is 0.661. The van der Waals surface area contributed by atoms with Crippen LogP contribution in [0.4, 0.5) is 0 Å². The van der Waals surface area contributed by atoms with Crippen LogP contribution in [0, 0.1) is 0 Å². The van der Waals surface area contributed by atoms with Gasteiger partial charge < -0.3 is 14.6 Å². The molecule has 0 bridgehead atoms. The minimum atomic E-state index is -0.377. The maximum Gasteiger partial charge on any atom is 0.0900 e. The Balaban J connectivity index is 2.09. The topological polar surface area (TPSA) is 41.9 Å². The second-order valence-corrected chi connectivity index (χ2v) is 4.50. The molecule has 0 aromatic carbocycles. The van der Waals surface area contributed by atoms with Crippen LogP contribution in [-0.2, 0) is 9.47 Å². The summed E-state index contributed by atoms with van der Waals surface area (Å²) in [6.45, 7) is 8.61. The SMILES string of the molecule is CCCCOCC(O)CN1CCOCC1C. The number of β-amino-alcohol motifs (C(OH)–C–C–N with tert-alkyl or cyclic N) is 1. The summed E-state index contributed by atoms with van der Waals surface area (Å²) in [7, 11) is 0.